The van der Waals surface area contributed by atoms with Gasteiger partial charge in [-0.3, -0.25) is 4.79 Å². The third-order valence-corrected chi connectivity index (χ3v) is 0.954. The molecule has 0 aliphatic rings. The molecular weight excluding hydrogens is 136 g/mol. The van der Waals surface area contributed by atoms with Crippen LogP contribution in [0.1, 0.15) is 20.3 Å². The van der Waals surface area contributed by atoms with Gasteiger partial charge in [0, 0.05) is 6.92 Å². The second-order valence-corrected chi connectivity index (χ2v) is 1.84. The van der Waals surface area contributed by atoms with Crippen molar-refractivity contribution in [1.82, 2.24) is 0 Å². The van der Waals surface area contributed by atoms with Gasteiger partial charge in [-0.25, -0.2) is 4.79 Å². The number of esters is 1. The van der Waals surface area contributed by atoms with E-state index in [2.05, 4.69) is 4.74 Å². The molecule has 0 aromatic rings. The normalized spacial score (nSPS) is 12.2. The highest BCUT2D eigenvalue weighted by Crippen LogP contribution is 1.97. The molecule has 4 nitrogen and oxygen atoms in total. The molecule has 0 heterocycles. The molecule has 0 saturated carbocycles. The Labute approximate surface area is 58.8 Å². The molecule has 10 heavy (non-hydrogen) atoms. The molecular formula is C6H10O4. The lowest BCUT2D eigenvalue weighted by atomic mass is 10.3. The van der Waals surface area contributed by atoms with Gasteiger partial charge in [-0.15, -0.1) is 0 Å². The molecule has 1 atom stereocenters. The Morgan fingerprint density at radius 3 is 2.20 bits per heavy atom. The monoisotopic (exact) mass is 146 g/mol. The first kappa shape index (κ1) is 8.94. The Morgan fingerprint density at radius 2 is 2.10 bits per heavy atom. The van der Waals surface area contributed by atoms with Crippen LogP contribution < -0.4 is 0 Å². The maximum absolute atomic E-state index is 10.2. The molecule has 0 spiro atoms. The highest BCUT2D eigenvalue weighted by molar-refractivity contribution is 5.76. The number of carbonyl (C=O) groups excluding carboxylic acids is 1. The van der Waals surface area contributed by atoms with Crippen LogP contribution in [0.15, 0.2) is 0 Å². The molecule has 0 saturated heterocycles. The smallest absolute Gasteiger partial charge is 0.345 e. The van der Waals surface area contributed by atoms with Crippen LogP contribution in [0.5, 0.6) is 0 Å². The molecule has 0 fully saturated rings. The summed E-state index contributed by atoms with van der Waals surface area (Å²) in [5, 5.41) is 8.34. The minimum atomic E-state index is -1.10. The highest BCUT2D eigenvalue weighted by atomic mass is 16.6. The average Bonchev–Trinajstić information content (AvgIpc) is 1.81. The number of ether oxygens (including phenoxy) is 1. The second kappa shape index (κ2) is 3.87. The van der Waals surface area contributed by atoms with Crippen LogP contribution in [-0.2, 0) is 14.3 Å². The van der Waals surface area contributed by atoms with Crippen LogP contribution in [0.25, 0.3) is 0 Å². The third kappa shape index (κ3) is 3.06. The number of hydrogen-bond acceptors (Lipinski definition) is 3. The largest absolute Gasteiger partial charge is 0.479 e. The van der Waals surface area contributed by atoms with Crippen LogP contribution in [0, 0.1) is 0 Å². The average molecular weight is 146 g/mol. The van der Waals surface area contributed by atoms with Gasteiger partial charge < -0.3 is 9.84 Å². The van der Waals surface area contributed by atoms with Crippen LogP contribution in [-0.4, -0.2) is 23.1 Å². The molecule has 1 N–H and O–H groups in total. The molecule has 58 valence electrons. The standard InChI is InChI=1S/C6H10O4/c1-3-5(6(8)9)10-4(2)7/h5H,3H2,1-2H3,(H,8,9)/t5-/m1/s1. The topological polar surface area (TPSA) is 63.6 Å². The predicted octanol–water partition coefficient (Wildman–Crippen LogP) is 0.413. The maximum atomic E-state index is 10.2. The fourth-order valence-corrected chi connectivity index (χ4v) is 0.509. The lowest BCUT2D eigenvalue weighted by Crippen LogP contribution is -2.24. The number of aliphatic carboxylic acids is 1. The summed E-state index contributed by atoms with van der Waals surface area (Å²) in [6.07, 6.45) is -0.688. The van der Waals surface area contributed by atoms with E-state index in [1.807, 2.05) is 0 Å². The lowest BCUT2D eigenvalue weighted by Gasteiger charge is -2.08. The number of hydrogen-bond donors (Lipinski definition) is 1. The first-order valence-electron chi connectivity index (χ1n) is 2.98. The zero-order valence-corrected chi connectivity index (χ0v) is 5.96. The number of rotatable bonds is 3. The van der Waals surface area contributed by atoms with Crippen molar-refractivity contribution in [3.8, 4) is 0 Å². The quantitative estimate of drug-likeness (QED) is 0.586. The van der Waals surface area contributed by atoms with E-state index in [1.165, 1.54) is 6.92 Å². The fraction of sp³-hybridized carbons (Fsp3) is 0.667. The Hall–Kier alpha value is -1.06. The lowest BCUT2D eigenvalue weighted by molar-refractivity contribution is -0.162. The van der Waals surface area contributed by atoms with Gasteiger partial charge in [0.05, 0.1) is 0 Å². The van der Waals surface area contributed by atoms with Crippen LogP contribution in [0.3, 0.4) is 0 Å². The van der Waals surface area contributed by atoms with Gasteiger partial charge in [-0.2, -0.15) is 0 Å². The van der Waals surface area contributed by atoms with Gasteiger partial charge in [-0.05, 0) is 6.42 Å². The third-order valence-electron chi connectivity index (χ3n) is 0.954. The summed E-state index contributed by atoms with van der Waals surface area (Å²) in [7, 11) is 0. The van der Waals surface area contributed by atoms with E-state index in [1.54, 1.807) is 6.92 Å². The van der Waals surface area contributed by atoms with Crippen molar-refractivity contribution in [3.05, 3.63) is 0 Å². The van der Waals surface area contributed by atoms with Crippen molar-refractivity contribution < 1.29 is 19.4 Å². The molecule has 0 unspecified atom stereocenters. The number of carboxylic acid groups (broad SMARTS) is 1. The zero-order chi connectivity index (χ0) is 8.15. The van der Waals surface area contributed by atoms with Crippen molar-refractivity contribution in [2.75, 3.05) is 0 Å². The first-order chi connectivity index (χ1) is 4.57. The van der Waals surface area contributed by atoms with Crippen molar-refractivity contribution in [1.29, 1.82) is 0 Å². The molecule has 0 aliphatic carbocycles. The van der Waals surface area contributed by atoms with Crippen LogP contribution in [0.4, 0.5) is 0 Å². The van der Waals surface area contributed by atoms with Gasteiger partial charge in [0.15, 0.2) is 6.10 Å². The minimum Gasteiger partial charge on any atom is -0.479 e. The Morgan fingerprint density at radius 1 is 1.60 bits per heavy atom. The van der Waals surface area contributed by atoms with E-state index in [9.17, 15) is 9.59 Å². The van der Waals surface area contributed by atoms with E-state index in [0.717, 1.165) is 0 Å². The van der Waals surface area contributed by atoms with Gasteiger partial charge in [0.25, 0.3) is 0 Å². The van der Waals surface area contributed by atoms with Crippen molar-refractivity contribution >= 4 is 11.9 Å². The zero-order valence-electron chi connectivity index (χ0n) is 5.96. The first-order valence-corrected chi connectivity index (χ1v) is 2.98. The predicted molar refractivity (Wildman–Crippen MR) is 33.5 cm³/mol. The fourth-order valence-electron chi connectivity index (χ4n) is 0.509. The Bertz CT molecular complexity index is 141. The van der Waals surface area contributed by atoms with Crippen molar-refractivity contribution in [2.45, 2.75) is 26.4 Å². The summed E-state index contributed by atoms with van der Waals surface area (Å²) in [6.45, 7) is 2.83. The van der Waals surface area contributed by atoms with E-state index >= 15 is 0 Å². The summed E-state index contributed by atoms with van der Waals surface area (Å²) < 4.78 is 4.42. The molecule has 0 amide bonds. The Kier molecular flexibility index (Phi) is 3.46. The summed E-state index contributed by atoms with van der Waals surface area (Å²) in [6, 6.07) is 0. The number of carbonyl (C=O) groups is 2. The van der Waals surface area contributed by atoms with Gasteiger partial charge in [0.1, 0.15) is 0 Å². The van der Waals surface area contributed by atoms with E-state index in [-0.39, 0.29) is 0 Å². The van der Waals surface area contributed by atoms with Crippen molar-refractivity contribution in [3.63, 3.8) is 0 Å². The number of carboxylic acids is 1. The van der Waals surface area contributed by atoms with Gasteiger partial charge >= 0.3 is 11.9 Å². The van der Waals surface area contributed by atoms with Gasteiger partial charge in [0.2, 0.25) is 0 Å². The molecule has 0 bridgehead atoms. The van der Waals surface area contributed by atoms with Crippen molar-refractivity contribution in [2.24, 2.45) is 0 Å². The second-order valence-electron chi connectivity index (χ2n) is 1.84. The maximum Gasteiger partial charge on any atom is 0.345 e. The summed E-state index contributed by atoms with van der Waals surface area (Å²) in [5.74, 6) is -1.66. The molecule has 0 radical (unpaired) electrons. The van der Waals surface area contributed by atoms with Crippen LogP contribution >= 0.6 is 0 Å². The Balaban J connectivity index is 3.83. The molecule has 0 aromatic heterocycles. The van der Waals surface area contributed by atoms with E-state index in [0.29, 0.717) is 6.42 Å². The summed E-state index contributed by atoms with van der Waals surface area (Å²) in [4.78, 5) is 20.4. The molecule has 0 rings (SSSR count). The van der Waals surface area contributed by atoms with E-state index < -0.39 is 18.0 Å². The highest BCUT2D eigenvalue weighted by Gasteiger charge is 2.16. The molecule has 4 heteroatoms. The van der Waals surface area contributed by atoms with Crippen LogP contribution in [0.2, 0.25) is 0 Å². The summed E-state index contributed by atoms with van der Waals surface area (Å²) in [5.41, 5.74) is 0. The van der Waals surface area contributed by atoms with Gasteiger partial charge in [-0.1, -0.05) is 6.92 Å². The molecule has 0 aliphatic heterocycles. The van der Waals surface area contributed by atoms with E-state index in [4.69, 9.17) is 5.11 Å². The molecule has 0 aromatic carbocycles. The minimum absolute atomic E-state index is 0.301. The SMILES string of the molecule is CC[C@@H](OC(C)=O)C(=O)O. The summed E-state index contributed by atoms with van der Waals surface area (Å²) >= 11 is 0.